The minimum absolute atomic E-state index is 0.292. The third kappa shape index (κ3) is 24.8. The number of carbonyl (C=O) groups excluding carboxylic acids is 1. The van der Waals surface area contributed by atoms with Gasteiger partial charge in [-0.25, -0.2) is 0 Å². The molecule has 0 unspecified atom stereocenters. The molecule has 0 aromatic heterocycles. The van der Waals surface area contributed by atoms with Gasteiger partial charge in [0.2, 0.25) is 0 Å². The van der Waals surface area contributed by atoms with Crippen LogP contribution in [0.15, 0.2) is 12.2 Å². The van der Waals surface area contributed by atoms with Crippen molar-refractivity contribution in [2.75, 3.05) is 0 Å². The van der Waals surface area contributed by atoms with E-state index in [1.54, 1.807) is 0 Å². The second-order valence-electron chi connectivity index (χ2n) is 2.43. The van der Waals surface area contributed by atoms with E-state index in [-0.39, 0.29) is 0 Å². The van der Waals surface area contributed by atoms with Gasteiger partial charge in [-0.2, -0.15) is 0 Å². The van der Waals surface area contributed by atoms with Crippen molar-refractivity contribution in [3.8, 4) is 0 Å². The Bertz CT molecular complexity index is 150. The molecule has 0 rings (SSSR count). The Hall–Kier alpha value is -1.12. The molecule has 0 saturated carbocycles. The molecule has 0 aliphatic heterocycles. The molecule has 1 N–H and O–H groups in total. The SMILES string of the molecule is CC/C=C\CC=O.CCCC(=O)O. The van der Waals surface area contributed by atoms with Crippen LogP contribution in [-0.2, 0) is 9.59 Å². The molecular formula is C10H18O3. The molecule has 0 amide bonds. The average molecular weight is 186 g/mol. The van der Waals surface area contributed by atoms with Crippen LogP contribution in [0.3, 0.4) is 0 Å². The minimum Gasteiger partial charge on any atom is -0.481 e. The summed E-state index contributed by atoms with van der Waals surface area (Å²) in [6, 6.07) is 0. The average Bonchev–Trinajstić information content (AvgIpc) is 2.06. The topological polar surface area (TPSA) is 54.4 Å². The van der Waals surface area contributed by atoms with E-state index in [9.17, 15) is 9.59 Å². The van der Waals surface area contributed by atoms with E-state index in [1.165, 1.54) is 0 Å². The summed E-state index contributed by atoms with van der Waals surface area (Å²) < 4.78 is 0. The van der Waals surface area contributed by atoms with Crippen molar-refractivity contribution in [3.05, 3.63) is 12.2 Å². The van der Waals surface area contributed by atoms with Gasteiger partial charge in [0.1, 0.15) is 6.29 Å². The predicted molar refractivity (Wildman–Crippen MR) is 52.7 cm³/mol. The normalized spacial score (nSPS) is 9.08. The summed E-state index contributed by atoms with van der Waals surface area (Å²) >= 11 is 0. The van der Waals surface area contributed by atoms with Crippen LogP contribution in [0, 0.1) is 0 Å². The Balaban J connectivity index is 0. The van der Waals surface area contributed by atoms with Gasteiger partial charge >= 0.3 is 5.97 Å². The first-order chi connectivity index (χ1) is 6.18. The van der Waals surface area contributed by atoms with E-state index in [0.717, 1.165) is 19.1 Å². The molecule has 3 heteroatoms. The summed E-state index contributed by atoms with van der Waals surface area (Å²) in [5.41, 5.74) is 0. The van der Waals surface area contributed by atoms with Gasteiger partial charge in [-0.15, -0.1) is 0 Å². The zero-order chi connectivity index (χ0) is 10.5. The molecule has 0 aromatic carbocycles. The largest absolute Gasteiger partial charge is 0.481 e. The number of carbonyl (C=O) groups is 2. The number of hydrogen-bond acceptors (Lipinski definition) is 2. The van der Waals surface area contributed by atoms with E-state index in [2.05, 4.69) is 0 Å². The van der Waals surface area contributed by atoms with Gasteiger partial charge in [0, 0.05) is 12.8 Å². The van der Waals surface area contributed by atoms with Crippen molar-refractivity contribution in [1.82, 2.24) is 0 Å². The van der Waals surface area contributed by atoms with Gasteiger partial charge in [0.05, 0.1) is 0 Å². The number of carboxylic acids is 1. The van der Waals surface area contributed by atoms with E-state index in [1.807, 2.05) is 26.0 Å². The van der Waals surface area contributed by atoms with Crippen LogP contribution in [-0.4, -0.2) is 17.4 Å². The Kier molecular flexibility index (Phi) is 14.9. The van der Waals surface area contributed by atoms with Crippen LogP contribution >= 0.6 is 0 Å². The van der Waals surface area contributed by atoms with Gasteiger partial charge in [0.15, 0.2) is 0 Å². The molecular weight excluding hydrogens is 168 g/mol. The number of hydrogen-bond donors (Lipinski definition) is 1. The number of allylic oxidation sites excluding steroid dienone is 2. The van der Waals surface area contributed by atoms with Gasteiger partial charge in [-0.3, -0.25) is 4.79 Å². The Labute approximate surface area is 79.5 Å². The lowest BCUT2D eigenvalue weighted by molar-refractivity contribution is -0.137. The van der Waals surface area contributed by atoms with Crippen molar-refractivity contribution in [1.29, 1.82) is 0 Å². The predicted octanol–water partition coefficient (Wildman–Crippen LogP) is 2.41. The maximum Gasteiger partial charge on any atom is 0.303 e. The summed E-state index contributed by atoms with van der Waals surface area (Å²) in [5.74, 6) is -0.711. The zero-order valence-corrected chi connectivity index (χ0v) is 8.32. The van der Waals surface area contributed by atoms with Crippen LogP contribution in [0.4, 0.5) is 0 Å². The number of rotatable bonds is 5. The first-order valence-electron chi connectivity index (χ1n) is 4.49. The molecule has 0 spiro atoms. The van der Waals surface area contributed by atoms with Gasteiger partial charge in [0.25, 0.3) is 0 Å². The molecule has 0 bridgehead atoms. The summed E-state index contributed by atoms with van der Waals surface area (Å²) in [6.07, 6.45) is 7.35. The molecule has 0 aliphatic carbocycles. The first-order valence-corrected chi connectivity index (χ1v) is 4.49. The summed E-state index contributed by atoms with van der Waals surface area (Å²) in [6.45, 7) is 3.88. The lowest BCUT2D eigenvalue weighted by Crippen LogP contribution is -1.90. The minimum atomic E-state index is -0.711. The second-order valence-corrected chi connectivity index (χ2v) is 2.43. The molecule has 0 radical (unpaired) electrons. The van der Waals surface area contributed by atoms with E-state index in [0.29, 0.717) is 12.8 Å². The number of aliphatic carboxylic acids is 1. The third-order valence-electron chi connectivity index (χ3n) is 1.10. The fourth-order valence-electron chi connectivity index (χ4n) is 0.532. The van der Waals surface area contributed by atoms with Crippen molar-refractivity contribution in [3.63, 3.8) is 0 Å². The van der Waals surface area contributed by atoms with Crippen LogP contribution in [0.25, 0.3) is 0 Å². The Morgan fingerprint density at radius 2 is 1.92 bits per heavy atom. The molecule has 0 atom stereocenters. The molecule has 0 aromatic rings. The molecule has 76 valence electrons. The summed E-state index contributed by atoms with van der Waals surface area (Å²) in [5, 5.41) is 7.91. The highest BCUT2D eigenvalue weighted by Crippen LogP contribution is 1.82. The summed E-state index contributed by atoms with van der Waals surface area (Å²) in [7, 11) is 0. The highest BCUT2D eigenvalue weighted by atomic mass is 16.4. The Morgan fingerprint density at radius 1 is 1.31 bits per heavy atom. The quantitative estimate of drug-likeness (QED) is 0.530. The van der Waals surface area contributed by atoms with E-state index >= 15 is 0 Å². The fourth-order valence-corrected chi connectivity index (χ4v) is 0.532. The summed E-state index contributed by atoms with van der Waals surface area (Å²) in [4.78, 5) is 19.2. The van der Waals surface area contributed by atoms with Crippen molar-refractivity contribution in [2.24, 2.45) is 0 Å². The lowest BCUT2D eigenvalue weighted by Gasteiger charge is -1.79. The van der Waals surface area contributed by atoms with Crippen LogP contribution < -0.4 is 0 Å². The van der Waals surface area contributed by atoms with Crippen LogP contribution in [0.1, 0.15) is 39.5 Å². The van der Waals surface area contributed by atoms with Crippen molar-refractivity contribution >= 4 is 12.3 Å². The fraction of sp³-hybridized carbons (Fsp3) is 0.600. The van der Waals surface area contributed by atoms with Gasteiger partial charge in [-0.05, 0) is 12.8 Å². The molecule has 0 fully saturated rings. The zero-order valence-electron chi connectivity index (χ0n) is 8.32. The monoisotopic (exact) mass is 186 g/mol. The van der Waals surface area contributed by atoms with Crippen molar-refractivity contribution in [2.45, 2.75) is 39.5 Å². The molecule has 0 aliphatic rings. The van der Waals surface area contributed by atoms with Gasteiger partial charge < -0.3 is 9.90 Å². The van der Waals surface area contributed by atoms with Crippen LogP contribution in [0.5, 0.6) is 0 Å². The molecule has 13 heavy (non-hydrogen) atoms. The molecule has 3 nitrogen and oxygen atoms in total. The van der Waals surface area contributed by atoms with E-state index < -0.39 is 5.97 Å². The van der Waals surface area contributed by atoms with Crippen molar-refractivity contribution < 1.29 is 14.7 Å². The number of carboxylic acid groups (broad SMARTS) is 1. The smallest absolute Gasteiger partial charge is 0.303 e. The molecule has 0 heterocycles. The molecule has 0 saturated heterocycles. The Morgan fingerprint density at radius 3 is 2.15 bits per heavy atom. The van der Waals surface area contributed by atoms with Gasteiger partial charge in [-0.1, -0.05) is 26.0 Å². The second kappa shape index (κ2) is 13.5. The highest BCUT2D eigenvalue weighted by Gasteiger charge is 1.87. The standard InChI is InChI=1S/C6H10O.C4H8O2/c1-2-3-4-5-6-7;1-2-3-4(5)6/h3-4,6H,2,5H2,1H3;2-3H2,1H3,(H,5,6)/b4-3-;. The maximum atomic E-state index is 9.63. The van der Waals surface area contributed by atoms with E-state index in [4.69, 9.17) is 5.11 Å². The first kappa shape index (κ1) is 14.4. The van der Waals surface area contributed by atoms with Crippen LogP contribution in [0.2, 0.25) is 0 Å². The lowest BCUT2D eigenvalue weighted by atomic mass is 10.3. The maximum absolute atomic E-state index is 9.63. The highest BCUT2D eigenvalue weighted by molar-refractivity contribution is 5.66. The third-order valence-corrected chi connectivity index (χ3v) is 1.10. The number of aldehydes is 1.